The Morgan fingerprint density at radius 2 is 2.33 bits per heavy atom. The number of hydrogen-bond acceptors (Lipinski definition) is 4. The Bertz CT molecular complexity index is 501. The van der Waals surface area contributed by atoms with Crippen LogP contribution in [0.1, 0.15) is 42.0 Å². The highest BCUT2D eigenvalue weighted by molar-refractivity contribution is 5.90. The number of nitrogens with one attached hydrogen (secondary N) is 3. The van der Waals surface area contributed by atoms with Gasteiger partial charge in [-0.3, -0.25) is 9.89 Å². The Kier molecular flexibility index (Phi) is 3.71. The molecule has 0 saturated carbocycles. The second-order valence-electron chi connectivity index (χ2n) is 4.24. The zero-order valence-electron chi connectivity index (χ0n) is 10.4. The number of hydrogen-bond donors (Lipinski definition) is 3. The van der Waals surface area contributed by atoms with E-state index >= 15 is 0 Å². The molecule has 7 nitrogen and oxygen atoms in total. The molecule has 0 aromatic carbocycles. The van der Waals surface area contributed by atoms with Crippen LogP contribution in [-0.2, 0) is 6.42 Å². The van der Waals surface area contributed by atoms with Gasteiger partial charge in [-0.2, -0.15) is 0 Å². The van der Waals surface area contributed by atoms with Gasteiger partial charge in [0.15, 0.2) is 0 Å². The standard InChI is InChI=1S/C11H16N6O/c1-7(2)9-15-10(17-16-9)11(18)14-4-3-8-12-5-6-13-8/h5-7H,3-4H2,1-2H3,(H,12,13)(H,14,18)(H,15,16,17). The van der Waals surface area contributed by atoms with E-state index in [9.17, 15) is 4.79 Å². The summed E-state index contributed by atoms with van der Waals surface area (Å²) in [5, 5.41) is 9.38. The Morgan fingerprint density at radius 1 is 1.50 bits per heavy atom. The molecular weight excluding hydrogens is 232 g/mol. The van der Waals surface area contributed by atoms with Gasteiger partial charge in [-0.15, -0.1) is 5.10 Å². The summed E-state index contributed by atoms with van der Waals surface area (Å²) in [5.41, 5.74) is 0. The highest BCUT2D eigenvalue weighted by Gasteiger charge is 2.13. The first kappa shape index (κ1) is 12.3. The van der Waals surface area contributed by atoms with E-state index in [2.05, 4.69) is 30.5 Å². The summed E-state index contributed by atoms with van der Waals surface area (Å²) < 4.78 is 0. The highest BCUT2D eigenvalue weighted by atomic mass is 16.2. The summed E-state index contributed by atoms with van der Waals surface area (Å²) in [6.45, 7) is 4.47. The first-order valence-electron chi connectivity index (χ1n) is 5.85. The molecule has 2 heterocycles. The third-order valence-electron chi connectivity index (χ3n) is 2.45. The summed E-state index contributed by atoms with van der Waals surface area (Å²) in [4.78, 5) is 22.9. The van der Waals surface area contributed by atoms with Crippen LogP contribution in [0, 0.1) is 0 Å². The Labute approximate surface area is 104 Å². The van der Waals surface area contributed by atoms with Crippen LogP contribution in [0.2, 0.25) is 0 Å². The lowest BCUT2D eigenvalue weighted by molar-refractivity contribution is 0.0944. The smallest absolute Gasteiger partial charge is 0.290 e. The fourth-order valence-corrected chi connectivity index (χ4v) is 1.44. The van der Waals surface area contributed by atoms with Gasteiger partial charge in [-0.05, 0) is 0 Å². The molecule has 2 aromatic rings. The summed E-state index contributed by atoms with van der Waals surface area (Å²) in [6.07, 6.45) is 4.09. The lowest BCUT2D eigenvalue weighted by Gasteiger charge is -2.00. The number of amides is 1. The molecule has 2 aromatic heterocycles. The second kappa shape index (κ2) is 5.44. The summed E-state index contributed by atoms with van der Waals surface area (Å²) in [6, 6.07) is 0. The van der Waals surface area contributed by atoms with Gasteiger partial charge in [0.1, 0.15) is 11.6 Å². The molecule has 96 valence electrons. The minimum atomic E-state index is -0.273. The maximum absolute atomic E-state index is 11.7. The van der Waals surface area contributed by atoms with E-state index in [1.165, 1.54) is 0 Å². The second-order valence-corrected chi connectivity index (χ2v) is 4.24. The van der Waals surface area contributed by atoms with Crippen molar-refractivity contribution in [1.29, 1.82) is 0 Å². The van der Waals surface area contributed by atoms with E-state index in [4.69, 9.17) is 0 Å². The van der Waals surface area contributed by atoms with Gasteiger partial charge in [0, 0.05) is 31.3 Å². The van der Waals surface area contributed by atoms with Crippen molar-refractivity contribution in [3.05, 3.63) is 29.9 Å². The quantitative estimate of drug-likeness (QED) is 0.722. The highest BCUT2D eigenvalue weighted by Crippen LogP contribution is 2.07. The minimum absolute atomic E-state index is 0.179. The molecule has 2 rings (SSSR count). The molecule has 0 radical (unpaired) electrons. The van der Waals surface area contributed by atoms with Crippen molar-refractivity contribution in [1.82, 2.24) is 30.5 Å². The van der Waals surface area contributed by atoms with E-state index < -0.39 is 0 Å². The first-order valence-corrected chi connectivity index (χ1v) is 5.85. The van der Waals surface area contributed by atoms with Crippen molar-refractivity contribution >= 4 is 5.91 Å². The molecule has 0 atom stereocenters. The molecule has 0 saturated heterocycles. The number of carbonyl (C=O) groups excluding carboxylic acids is 1. The fraction of sp³-hybridized carbons (Fsp3) is 0.455. The number of aromatic nitrogens is 5. The molecule has 7 heteroatoms. The van der Waals surface area contributed by atoms with E-state index in [1.54, 1.807) is 12.4 Å². The largest absolute Gasteiger partial charge is 0.349 e. The maximum atomic E-state index is 11.7. The lowest BCUT2D eigenvalue weighted by atomic mass is 10.2. The molecule has 0 bridgehead atoms. The molecule has 3 N–H and O–H groups in total. The van der Waals surface area contributed by atoms with Crippen molar-refractivity contribution in [3.63, 3.8) is 0 Å². The third-order valence-corrected chi connectivity index (χ3v) is 2.45. The zero-order valence-corrected chi connectivity index (χ0v) is 10.4. The summed E-state index contributed by atoms with van der Waals surface area (Å²) in [5.74, 6) is 1.68. The molecule has 0 aliphatic carbocycles. The Balaban J connectivity index is 1.83. The topological polar surface area (TPSA) is 99.3 Å². The number of carbonyl (C=O) groups is 1. The molecular formula is C11H16N6O. The van der Waals surface area contributed by atoms with Crippen LogP contribution in [0.5, 0.6) is 0 Å². The lowest BCUT2D eigenvalue weighted by Crippen LogP contribution is -2.27. The molecule has 0 spiro atoms. The van der Waals surface area contributed by atoms with Crippen molar-refractivity contribution < 1.29 is 4.79 Å². The van der Waals surface area contributed by atoms with Gasteiger partial charge in [0.05, 0.1) is 0 Å². The Hall–Kier alpha value is -2.18. The van der Waals surface area contributed by atoms with Gasteiger partial charge in [-0.1, -0.05) is 13.8 Å². The molecule has 18 heavy (non-hydrogen) atoms. The van der Waals surface area contributed by atoms with Crippen molar-refractivity contribution in [2.24, 2.45) is 0 Å². The van der Waals surface area contributed by atoms with E-state index in [0.29, 0.717) is 18.8 Å². The van der Waals surface area contributed by atoms with Crippen LogP contribution < -0.4 is 5.32 Å². The molecule has 0 fully saturated rings. The van der Waals surface area contributed by atoms with Gasteiger partial charge in [0.2, 0.25) is 5.82 Å². The maximum Gasteiger partial charge on any atom is 0.290 e. The van der Waals surface area contributed by atoms with Crippen LogP contribution in [0.3, 0.4) is 0 Å². The monoisotopic (exact) mass is 248 g/mol. The minimum Gasteiger partial charge on any atom is -0.349 e. The average Bonchev–Trinajstić information content (AvgIpc) is 2.99. The summed E-state index contributed by atoms with van der Waals surface area (Å²) in [7, 11) is 0. The normalized spacial score (nSPS) is 10.8. The number of aromatic amines is 2. The Morgan fingerprint density at radius 3 is 2.94 bits per heavy atom. The zero-order chi connectivity index (χ0) is 13.0. The van der Waals surface area contributed by atoms with E-state index in [-0.39, 0.29) is 17.6 Å². The van der Waals surface area contributed by atoms with Gasteiger partial charge < -0.3 is 10.3 Å². The predicted molar refractivity (Wildman–Crippen MR) is 65.1 cm³/mol. The van der Waals surface area contributed by atoms with Crippen LogP contribution in [0.15, 0.2) is 12.4 Å². The number of rotatable bonds is 5. The van der Waals surface area contributed by atoms with Crippen molar-refractivity contribution in [3.8, 4) is 0 Å². The van der Waals surface area contributed by atoms with Gasteiger partial charge >= 0.3 is 0 Å². The van der Waals surface area contributed by atoms with E-state index in [1.807, 2.05) is 13.8 Å². The van der Waals surface area contributed by atoms with Crippen LogP contribution in [0.4, 0.5) is 0 Å². The van der Waals surface area contributed by atoms with Crippen LogP contribution in [-0.4, -0.2) is 37.6 Å². The first-order chi connectivity index (χ1) is 8.66. The number of H-pyrrole nitrogens is 2. The van der Waals surface area contributed by atoms with Crippen molar-refractivity contribution in [2.75, 3.05) is 6.54 Å². The average molecular weight is 248 g/mol. The van der Waals surface area contributed by atoms with Crippen LogP contribution in [0.25, 0.3) is 0 Å². The predicted octanol–water partition coefficient (Wildman–Crippen LogP) is 0.624. The van der Waals surface area contributed by atoms with Gasteiger partial charge in [-0.25, -0.2) is 9.97 Å². The van der Waals surface area contributed by atoms with E-state index in [0.717, 1.165) is 5.82 Å². The summed E-state index contributed by atoms with van der Waals surface area (Å²) >= 11 is 0. The van der Waals surface area contributed by atoms with Crippen molar-refractivity contribution in [2.45, 2.75) is 26.2 Å². The van der Waals surface area contributed by atoms with Gasteiger partial charge in [0.25, 0.3) is 5.91 Å². The molecule has 1 amide bonds. The SMILES string of the molecule is CC(C)c1nc(C(=O)NCCc2ncc[nH]2)n[nH]1. The molecule has 0 unspecified atom stereocenters. The molecule has 0 aliphatic heterocycles. The number of nitrogens with zero attached hydrogens (tertiary/aromatic N) is 3. The third kappa shape index (κ3) is 2.93. The van der Waals surface area contributed by atoms with Crippen LogP contribution >= 0.6 is 0 Å². The molecule has 0 aliphatic rings. The number of imidazole rings is 1. The fourth-order valence-electron chi connectivity index (χ4n) is 1.44.